The Balaban J connectivity index is 2.95. The summed E-state index contributed by atoms with van der Waals surface area (Å²) < 4.78 is 0. The van der Waals surface area contributed by atoms with Gasteiger partial charge in [0.2, 0.25) is 0 Å². The molecule has 1 aromatic heterocycles. The van der Waals surface area contributed by atoms with Gasteiger partial charge in [-0.1, -0.05) is 41.5 Å². The van der Waals surface area contributed by atoms with Crippen LogP contribution in [0, 0.1) is 5.92 Å². The van der Waals surface area contributed by atoms with E-state index >= 15 is 0 Å². The summed E-state index contributed by atoms with van der Waals surface area (Å²) in [5.74, 6) is 0.736. The summed E-state index contributed by atoms with van der Waals surface area (Å²) in [6.07, 6.45) is 2.38. The van der Waals surface area contributed by atoms with Crippen LogP contribution in [0.2, 0.25) is 0 Å². The van der Waals surface area contributed by atoms with E-state index < -0.39 is 0 Å². The predicted octanol–water partition coefficient (Wildman–Crippen LogP) is 4.70. The SMILES string of the molecule is CCNC(C)(CCC(C)C)c1nc(C(C)(C)C)cs1. The molecule has 19 heavy (non-hydrogen) atoms. The third kappa shape index (κ3) is 4.57. The van der Waals surface area contributed by atoms with Crippen LogP contribution in [-0.4, -0.2) is 11.5 Å². The largest absolute Gasteiger partial charge is 0.306 e. The van der Waals surface area contributed by atoms with Crippen molar-refractivity contribution in [2.24, 2.45) is 5.92 Å². The summed E-state index contributed by atoms with van der Waals surface area (Å²) in [6, 6.07) is 0. The number of nitrogens with one attached hydrogen (secondary N) is 1. The van der Waals surface area contributed by atoms with E-state index in [4.69, 9.17) is 4.98 Å². The molecule has 1 heterocycles. The molecule has 3 heteroatoms. The lowest BCUT2D eigenvalue weighted by Crippen LogP contribution is -2.39. The van der Waals surface area contributed by atoms with Gasteiger partial charge in [-0.2, -0.15) is 0 Å². The molecule has 0 amide bonds. The Morgan fingerprint density at radius 1 is 1.26 bits per heavy atom. The maximum atomic E-state index is 4.91. The maximum Gasteiger partial charge on any atom is 0.113 e. The van der Waals surface area contributed by atoms with Crippen molar-refractivity contribution < 1.29 is 0 Å². The summed E-state index contributed by atoms with van der Waals surface area (Å²) in [6.45, 7) is 16.7. The van der Waals surface area contributed by atoms with E-state index in [0.29, 0.717) is 0 Å². The molecule has 0 aromatic carbocycles. The number of rotatable bonds is 6. The fourth-order valence-electron chi connectivity index (χ4n) is 2.11. The molecule has 1 N–H and O–H groups in total. The average molecular weight is 282 g/mol. The Bertz CT molecular complexity index is 390. The summed E-state index contributed by atoms with van der Waals surface area (Å²) in [5, 5.41) is 7.10. The third-order valence-corrected chi connectivity index (χ3v) is 4.64. The average Bonchev–Trinajstić information content (AvgIpc) is 2.76. The van der Waals surface area contributed by atoms with Gasteiger partial charge in [0.15, 0.2) is 0 Å². The van der Waals surface area contributed by atoms with Gasteiger partial charge in [-0.3, -0.25) is 0 Å². The van der Waals surface area contributed by atoms with Gasteiger partial charge in [-0.15, -0.1) is 11.3 Å². The van der Waals surface area contributed by atoms with E-state index in [1.54, 1.807) is 11.3 Å². The summed E-state index contributed by atoms with van der Waals surface area (Å²) in [5.41, 5.74) is 1.37. The van der Waals surface area contributed by atoms with Crippen molar-refractivity contribution >= 4 is 11.3 Å². The molecule has 0 saturated carbocycles. The van der Waals surface area contributed by atoms with Gasteiger partial charge in [0.25, 0.3) is 0 Å². The number of hydrogen-bond acceptors (Lipinski definition) is 3. The molecule has 0 bridgehead atoms. The third-order valence-electron chi connectivity index (χ3n) is 3.53. The fraction of sp³-hybridized carbons (Fsp3) is 0.812. The zero-order valence-electron chi connectivity index (χ0n) is 13.6. The van der Waals surface area contributed by atoms with Gasteiger partial charge < -0.3 is 5.32 Å². The minimum Gasteiger partial charge on any atom is -0.306 e. The van der Waals surface area contributed by atoms with Crippen molar-refractivity contribution in [2.75, 3.05) is 6.54 Å². The summed E-state index contributed by atoms with van der Waals surface area (Å²) in [4.78, 5) is 4.91. The fourth-order valence-corrected chi connectivity index (χ4v) is 3.33. The number of nitrogens with zero attached hydrogens (tertiary/aromatic N) is 1. The van der Waals surface area contributed by atoms with Crippen LogP contribution in [0.1, 0.15) is 72.0 Å². The van der Waals surface area contributed by atoms with E-state index in [0.717, 1.165) is 18.9 Å². The molecule has 0 fully saturated rings. The monoisotopic (exact) mass is 282 g/mol. The number of aromatic nitrogens is 1. The Morgan fingerprint density at radius 2 is 1.89 bits per heavy atom. The normalized spacial score (nSPS) is 15.8. The first-order valence-corrected chi connectivity index (χ1v) is 8.28. The molecular weight excluding hydrogens is 252 g/mol. The van der Waals surface area contributed by atoms with E-state index in [1.807, 2.05) is 0 Å². The molecular formula is C16H30N2S. The summed E-state index contributed by atoms with van der Waals surface area (Å²) in [7, 11) is 0. The van der Waals surface area contributed by atoms with Gasteiger partial charge in [-0.25, -0.2) is 4.98 Å². The number of hydrogen-bond donors (Lipinski definition) is 1. The molecule has 0 radical (unpaired) electrons. The Morgan fingerprint density at radius 3 is 2.32 bits per heavy atom. The quantitative estimate of drug-likeness (QED) is 0.818. The highest BCUT2D eigenvalue weighted by Gasteiger charge is 2.30. The van der Waals surface area contributed by atoms with Crippen molar-refractivity contribution in [1.82, 2.24) is 10.3 Å². The minimum atomic E-state index is 0.0210. The van der Waals surface area contributed by atoms with Crippen molar-refractivity contribution in [3.05, 3.63) is 16.1 Å². The molecule has 0 spiro atoms. The maximum absolute atomic E-state index is 4.91. The standard InChI is InChI=1S/C16H30N2S/c1-8-17-16(7,10-9-12(2)3)14-18-13(11-19-14)15(4,5)6/h11-12,17H,8-10H2,1-7H3. The van der Waals surface area contributed by atoms with Gasteiger partial charge in [0, 0.05) is 10.8 Å². The lowest BCUT2D eigenvalue weighted by molar-refractivity contribution is 0.316. The predicted molar refractivity (Wildman–Crippen MR) is 85.9 cm³/mol. The molecule has 1 rings (SSSR count). The first-order valence-electron chi connectivity index (χ1n) is 7.40. The van der Waals surface area contributed by atoms with Crippen LogP contribution < -0.4 is 5.32 Å². The number of thiazole rings is 1. The first-order chi connectivity index (χ1) is 8.69. The highest BCUT2D eigenvalue weighted by Crippen LogP contribution is 2.33. The van der Waals surface area contributed by atoms with E-state index in [9.17, 15) is 0 Å². The van der Waals surface area contributed by atoms with Crippen molar-refractivity contribution in [3.63, 3.8) is 0 Å². The van der Waals surface area contributed by atoms with Crippen LogP contribution in [0.25, 0.3) is 0 Å². The highest BCUT2D eigenvalue weighted by atomic mass is 32.1. The summed E-state index contributed by atoms with van der Waals surface area (Å²) >= 11 is 1.80. The zero-order valence-corrected chi connectivity index (χ0v) is 14.4. The zero-order chi connectivity index (χ0) is 14.7. The Labute approximate surface area is 123 Å². The topological polar surface area (TPSA) is 24.9 Å². The smallest absolute Gasteiger partial charge is 0.113 e. The van der Waals surface area contributed by atoms with Crippen LogP contribution in [-0.2, 0) is 11.0 Å². The molecule has 1 atom stereocenters. The van der Waals surface area contributed by atoms with Crippen LogP contribution in [0.5, 0.6) is 0 Å². The molecule has 0 saturated heterocycles. The molecule has 0 aliphatic heterocycles. The van der Waals surface area contributed by atoms with Crippen molar-refractivity contribution in [3.8, 4) is 0 Å². The molecule has 2 nitrogen and oxygen atoms in total. The van der Waals surface area contributed by atoms with Gasteiger partial charge in [-0.05, 0) is 32.2 Å². The highest BCUT2D eigenvalue weighted by molar-refractivity contribution is 7.09. The Hall–Kier alpha value is -0.410. The van der Waals surface area contributed by atoms with Gasteiger partial charge in [0.05, 0.1) is 11.2 Å². The van der Waals surface area contributed by atoms with E-state index in [-0.39, 0.29) is 11.0 Å². The first kappa shape index (κ1) is 16.6. The van der Waals surface area contributed by atoms with E-state index in [1.165, 1.54) is 17.1 Å². The second kappa shape index (κ2) is 6.36. The second-order valence-corrected chi connectivity index (χ2v) is 7.94. The van der Waals surface area contributed by atoms with Gasteiger partial charge >= 0.3 is 0 Å². The van der Waals surface area contributed by atoms with Crippen molar-refractivity contribution in [2.45, 2.75) is 72.3 Å². The molecule has 1 unspecified atom stereocenters. The molecule has 1 aromatic rings. The minimum absolute atomic E-state index is 0.0210. The lowest BCUT2D eigenvalue weighted by atomic mass is 9.91. The second-order valence-electron chi connectivity index (χ2n) is 7.08. The van der Waals surface area contributed by atoms with Crippen LogP contribution >= 0.6 is 11.3 Å². The van der Waals surface area contributed by atoms with Crippen LogP contribution in [0.15, 0.2) is 5.38 Å². The van der Waals surface area contributed by atoms with Gasteiger partial charge in [0.1, 0.15) is 5.01 Å². The van der Waals surface area contributed by atoms with Crippen molar-refractivity contribution in [1.29, 1.82) is 0 Å². The molecule has 0 aliphatic carbocycles. The Kier molecular flexibility index (Phi) is 5.57. The molecule has 110 valence electrons. The van der Waals surface area contributed by atoms with E-state index in [2.05, 4.69) is 59.2 Å². The van der Waals surface area contributed by atoms with Crippen LogP contribution in [0.4, 0.5) is 0 Å². The lowest BCUT2D eigenvalue weighted by Gasteiger charge is -2.29. The van der Waals surface area contributed by atoms with Crippen LogP contribution in [0.3, 0.4) is 0 Å². The molecule has 0 aliphatic rings.